The smallest absolute Gasteiger partial charge is 0.242 e. The van der Waals surface area contributed by atoms with Crippen LogP contribution < -0.4 is 0 Å². The molecule has 0 amide bonds. The van der Waals surface area contributed by atoms with E-state index in [9.17, 15) is 8.42 Å². The van der Waals surface area contributed by atoms with E-state index in [1.807, 2.05) is 0 Å². The second-order valence-electron chi connectivity index (χ2n) is 4.41. The van der Waals surface area contributed by atoms with Crippen molar-refractivity contribution in [3.8, 4) is 0 Å². The first-order valence-corrected chi connectivity index (χ1v) is 6.51. The molecule has 0 fully saturated rings. The van der Waals surface area contributed by atoms with Crippen molar-refractivity contribution in [2.75, 3.05) is 14.1 Å². The molecule has 0 unspecified atom stereocenters. The molecule has 0 spiro atoms. The molecular weight excluding hydrogens is 242 g/mol. The van der Waals surface area contributed by atoms with Gasteiger partial charge in [0.1, 0.15) is 5.60 Å². The average molecular weight is 259 g/mol. The Morgan fingerprint density at radius 2 is 1.65 bits per heavy atom. The number of rotatable bonds is 4. The molecule has 0 aliphatic carbocycles. The summed E-state index contributed by atoms with van der Waals surface area (Å²) in [6.07, 6.45) is 0. The molecule has 0 radical (unpaired) electrons. The number of benzene rings is 1. The quantitative estimate of drug-likeness (QED) is 0.659. The lowest BCUT2D eigenvalue weighted by atomic mass is 9.99. The van der Waals surface area contributed by atoms with Crippen LogP contribution >= 0.6 is 0 Å². The third kappa shape index (κ3) is 2.84. The predicted molar refractivity (Wildman–Crippen MR) is 64.1 cm³/mol. The van der Waals surface area contributed by atoms with E-state index >= 15 is 0 Å². The zero-order valence-corrected chi connectivity index (χ0v) is 11.2. The molecule has 0 saturated heterocycles. The molecule has 1 aromatic carbocycles. The highest BCUT2D eigenvalue weighted by atomic mass is 32.2. The molecule has 17 heavy (non-hydrogen) atoms. The Morgan fingerprint density at radius 1 is 1.18 bits per heavy atom. The van der Waals surface area contributed by atoms with Crippen LogP contribution in [0.15, 0.2) is 29.2 Å². The Morgan fingerprint density at radius 3 is 2.00 bits per heavy atom. The first-order chi connectivity index (χ1) is 7.71. The first kappa shape index (κ1) is 14.1. The van der Waals surface area contributed by atoms with Gasteiger partial charge in [-0.3, -0.25) is 5.26 Å². The van der Waals surface area contributed by atoms with Crippen LogP contribution in [0.1, 0.15) is 19.4 Å². The highest BCUT2D eigenvalue weighted by Crippen LogP contribution is 2.25. The van der Waals surface area contributed by atoms with Crippen molar-refractivity contribution in [3.63, 3.8) is 0 Å². The van der Waals surface area contributed by atoms with Crippen molar-refractivity contribution >= 4 is 10.0 Å². The van der Waals surface area contributed by atoms with E-state index in [-0.39, 0.29) is 4.90 Å². The highest BCUT2D eigenvalue weighted by molar-refractivity contribution is 7.89. The van der Waals surface area contributed by atoms with Crippen molar-refractivity contribution in [1.29, 1.82) is 0 Å². The summed E-state index contributed by atoms with van der Waals surface area (Å²) in [7, 11) is -0.463. The Bertz CT molecular complexity index is 477. The third-order valence-electron chi connectivity index (χ3n) is 2.56. The number of hydrogen-bond donors (Lipinski definition) is 1. The number of sulfonamides is 1. The van der Waals surface area contributed by atoms with Crippen LogP contribution in [0.5, 0.6) is 0 Å². The van der Waals surface area contributed by atoms with E-state index in [0.717, 1.165) is 4.31 Å². The minimum Gasteiger partial charge on any atom is -0.251 e. The molecule has 1 N–H and O–H groups in total. The molecule has 0 heterocycles. The van der Waals surface area contributed by atoms with E-state index in [2.05, 4.69) is 4.89 Å². The molecule has 0 aromatic heterocycles. The van der Waals surface area contributed by atoms with Crippen LogP contribution in [0, 0.1) is 0 Å². The fraction of sp³-hybridized carbons (Fsp3) is 0.455. The molecule has 5 nitrogen and oxygen atoms in total. The van der Waals surface area contributed by atoms with Crippen molar-refractivity contribution in [2.45, 2.75) is 24.3 Å². The largest absolute Gasteiger partial charge is 0.251 e. The van der Waals surface area contributed by atoms with Gasteiger partial charge in [-0.25, -0.2) is 17.6 Å². The molecule has 6 heteroatoms. The van der Waals surface area contributed by atoms with Gasteiger partial charge in [0, 0.05) is 14.1 Å². The monoisotopic (exact) mass is 259 g/mol. The van der Waals surface area contributed by atoms with Crippen LogP contribution in [0.3, 0.4) is 0 Å². The van der Waals surface area contributed by atoms with Crippen molar-refractivity contribution in [2.24, 2.45) is 0 Å². The molecule has 0 saturated carbocycles. The maximum Gasteiger partial charge on any atom is 0.242 e. The zero-order chi connectivity index (χ0) is 13.3. The summed E-state index contributed by atoms with van der Waals surface area (Å²) < 4.78 is 24.8. The van der Waals surface area contributed by atoms with Gasteiger partial charge in [-0.1, -0.05) is 12.1 Å². The van der Waals surface area contributed by atoms with Crippen LogP contribution in [0.25, 0.3) is 0 Å². The van der Waals surface area contributed by atoms with E-state index in [0.29, 0.717) is 5.56 Å². The summed E-state index contributed by atoms with van der Waals surface area (Å²) in [6, 6.07) is 6.22. The maximum absolute atomic E-state index is 11.8. The van der Waals surface area contributed by atoms with Crippen molar-refractivity contribution in [1.82, 2.24) is 4.31 Å². The fourth-order valence-corrected chi connectivity index (χ4v) is 2.19. The topological polar surface area (TPSA) is 66.8 Å². The number of hydrogen-bond acceptors (Lipinski definition) is 4. The van der Waals surface area contributed by atoms with Gasteiger partial charge < -0.3 is 0 Å². The standard InChI is InChI=1S/C11H17NO4S/c1-11(2,16-13)9-5-7-10(8-6-9)17(14,15)12(3)4/h5-8,13H,1-4H3. The molecule has 1 rings (SSSR count). The van der Waals surface area contributed by atoms with Gasteiger partial charge in [-0.15, -0.1) is 0 Å². The zero-order valence-electron chi connectivity index (χ0n) is 10.3. The normalized spacial score (nSPS) is 13.1. The van der Waals surface area contributed by atoms with Gasteiger partial charge in [0.2, 0.25) is 10.0 Å². The summed E-state index contributed by atoms with van der Waals surface area (Å²) in [4.78, 5) is 4.55. The third-order valence-corrected chi connectivity index (χ3v) is 4.39. The van der Waals surface area contributed by atoms with Gasteiger partial charge in [0.25, 0.3) is 0 Å². The predicted octanol–water partition coefficient (Wildman–Crippen LogP) is 1.66. The molecular formula is C11H17NO4S. The average Bonchev–Trinajstić information content (AvgIpc) is 2.29. The second kappa shape index (κ2) is 4.73. The van der Waals surface area contributed by atoms with Gasteiger partial charge >= 0.3 is 0 Å². The van der Waals surface area contributed by atoms with E-state index in [1.165, 1.54) is 26.2 Å². The Kier molecular flexibility index (Phi) is 3.93. The summed E-state index contributed by atoms with van der Waals surface area (Å²) in [6.45, 7) is 3.37. The molecule has 0 aliphatic rings. The summed E-state index contributed by atoms with van der Waals surface area (Å²) in [5, 5.41) is 8.74. The lowest BCUT2D eigenvalue weighted by Gasteiger charge is -2.21. The number of nitrogens with zero attached hydrogens (tertiary/aromatic N) is 1. The van der Waals surface area contributed by atoms with E-state index in [4.69, 9.17) is 5.26 Å². The molecule has 96 valence electrons. The van der Waals surface area contributed by atoms with Crippen LogP contribution in [-0.4, -0.2) is 32.1 Å². The minimum absolute atomic E-state index is 0.208. The molecule has 1 aromatic rings. The Hall–Kier alpha value is -0.950. The molecule has 0 bridgehead atoms. The Labute approximate surface area is 102 Å². The van der Waals surface area contributed by atoms with Gasteiger partial charge in [0.05, 0.1) is 4.90 Å². The van der Waals surface area contributed by atoms with E-state index < -0.39 is 15.6 Å². The molecule has 0 atom stereocenters. The van der Waals surface area contributed by atoms with Gasteiger partial charge in [0.15, 0.2) is 0 Å². The van der Waals surface area contributed by atoms with Crippen molar-refractivity contribution in [3.05, 3.63) is 29.8 Å². The van der Waals surface area contributed by atoms with Crippen LogP contribution in [-0.2, 0) is 20.5 Å². The molecule has 0 aliphatic heterocycles. The van der Waals surface area contributed by atoms with Gasteiger partial charge in [-0.2, -0.15) is 0 Å². The SMILES string of the molecule is CN(C)S(=O)(=O)c1ccc(C(C)(C)OO)cc1. The maximum atomic E-state index is 11.8. The summed E-state index contributed by atoms with van der Waals surface area (Å²) in [5.74, 6) is 0. The van der Waals surface area contributed by atoms with Crippen LogP contribution in [0.4, 0.5) is 0 Å². The van der Waals surface area contributed by atoms with Crippen LogP contribution in [0.2, 0.25) is 0 Å². The first-order valence-electron chi connectivity index (χ1n) is 5.07. The Balaban J connectivity index is 3.14. The highest BCUT2D eigenvalue weighted by Gasteiger charge is 2.23. The second-order valence-corrected chi connectivity index (χ2v) is 6.57. The lowest BCUT2D eigenvalue weighted by molar-refractivity contribution is -0.318. The lowest BCUT2D eigenvalue weighted by Crippen LogP contribution is -2.23. The van der Waals surface area contributed by atoms with Gasteiger partial charge in [-0.05, 0) is 31.5 Å². The van der Waals surface area contributed by atoms with E-state index in [1.54, 1.807) is 26.0 Å². The van der Waals surface area contributed by atoms with Crippen molar-refractivity contribution < 1.29 is 18.6 Å². The fourth-order valence-electron chi connectivity index (χ4n) is 1.29. The summed E-state index contributed by atoms with van der Waals surface area (Å²) >= 11 is 0. The minimum atomic E-state index is -3.42. The summed E-state index contributed by atoms with van der Waals surface area (Å²) in [5.41, 5.74) is -0.168.